The molecule has 2 aromatic rings. The number of carbonyl (C=O) groups is 1. The number of rotatable bonds is 4. The second kappa shape index (κ2) is 5.26. The number of hydrogen-bond donors (Lipinski definition) is 0. The summed E-state index contributed by atoms with van der Waals surface area (Å²) >= 11 is 0. The number of hydrogen-bond acceptors (Lipinski definition) is 5. The van der Waals surface area contributed by atoms with Crippen LogP contribution in [-0.4, -0.2) is 23.2 Å². The lowest BCUT2D eigenvalue weighted by Crippen LogP contribution is -2.14. The molecule has 0 radical (unpaired) electrons. The summed E-state index contributed by atoms with van der Waals surface area (Å²) in [6, 6.07) is 9.72. The highest BCUT2D eigenvalue weighted by Crippen LogP contribution is 2.31. The molecule has 1 heterocycles. The molecule has 0 saturated heterocycles. The standard InChI is InChI=1S/C13H11N3O3/c1-15(11-6-3-2-5-10(11)9-17)13-12(16(18)19)7-4-8-14-13/h2-9H,1H3. The van der Waals surface area contributed by atoms with Crippen molar-refractivity contribution in [3.63, 3.8) is 0 Å². The number of carbonyl (C=O) groups excluding carboxylic acids is 1. The molecule has 0 bridgehead atoms. The lowest BCUT2D eigenvalue weighted by Gasteiger charge is -2.19. The second-order valence-corrected chi connectivity index (χ2v) is 3.84. The van der Waals surface area contributed by atoms with Gasteiger partial charge in [-0.1, -0.05) is 12.1 Å². The lowest BCUT2D eigenvalue weighted by molar-refractivity contribution is -0.384. The molecule has 0 fully saturated rings. The predicted molar refractivity (Wildman–Crippen MR) is 70.8 cm³/mol. The number of benzene rings is 1. The average Bonchev–Trinajstić information content (AvgIpc) is 2.46. The molecular formula is C13H11N3O3. The monoisotopic (exact) mass is 257 g/mol. The fourth-order valence-electron chi connectivity index (χ4n) is 1.80. The third-order valence-electron chi connectivity index (χ3n) is 2.71. The Morgan fingerprint density at radius 2 is 2.00 bits per heavy atom. The van der Waals surface area contributed by atoms with Crippen molar-refractivity contribution < 1.29 is 9.72 Å². The van der Waals surface area contributed by atoms with Gasteiger partial charge in [-0.05, 0) is 18.2 Å². The number of aldehydes is 1. The van der Waals surface area contributed by atoms with E-state index in [0.717, 1.165) is 0 Å². The average molecular weight is 257 g/mol. The van der Waals surface area contributed by atoms with Gasteiger partial charge in [-0.3, -0.25) is 14.9 Å². The number of aromatic nitrogens is 1. The van der Waals surface area contributed by atoms with Crippen molar-refractivity contribution in [1.82, 2.24) is 4.98 Å². The maximum Gasteiger partial charge on any atom is 0.311 e. The number of para-hydroxylation sites is 1. The van der Waals surface area contributed by atoms with E-state index in [4.69, 9.17) is 0 Å². The molecule has 0 N–H and O–H groups in total. The van der Waals surface area contributed by atoms with Crippen LogP contribution in [0.4, 0.5) is 17.2 Å². The quantitative estimate of drug-likeness (QED) is 0.478. The van der Waals surface area contributed by atoms with Gasteiger partial charge >= 0.3 is 5.69 Å². The minimum atomic E-state index is -0.498. The van der Waals surface area contributed by atoms with Crippen LogP contribution in [0.2, 0.25) is 0 Å². The Bertz CT molecular complexity index is 628. The molecule has 1 aromatic heterocycles. The molecule has 0 aliphatic rings. The van der Waals surface area contributed by atoms with Gasteiger partial charge in [0.05, 0.1) is 10.6 Å². The van der Waals surface area contributed by atoms with Gasteiger partial charge in [-0.2, -0.15) is 0 Å². The van der Waals surface area contributed by atoms with Gasteiger partial charge in [0.25, 0.3) is 0 Å². The normalized spacial score (nSPS) is 9.95. The smallest absolute Gasteiger partial charge is 0.311 e. The molecule has 0 spiro atoms. The first-order valence-electron chi connectivity index (χ1n) is 5.52. The topological polar surface area (TPSA) is 76.3 Å². The van der Waals surface area contributed by atoms with Crippen molar-refractivity contribution in [2.45, 2.75) is 0 Å². The van der Waals surface area contributed by atoms with Crippen LogP contribution < -0.4 is 4.90 Å². The number of anilines is 2. The van der Waals surface area contributed by atoms with Gasteiger partial charge in [0.2, 0.25) is 5.82 Å². The fourth-order valence-corrected chi connectivity index (χ4v) is 1.80. The first-order valence-corrected chi connectivity index (χ1v) is 5.52. The van der Waals surface area contributed by atoms with Gasteiger partial charge in [0.1, 0.15) is 0 Å². The van der Waals surface area contributed by atoms with Gasteiger partial charge in [0, 0.05) is 24.9 Å². The summed E-state index contributed by atoms with van der Waals surface area (Å²) in [5, 5.41) is 11.0. The zero-order valence-electron chi connectivity index (χ0n) is 10.2. The fraction of sp³-hybridized carbons (Fsp3) is 0.0769. The largest absolute Gasteiger partial charge is 0.323 e. The van der Waals surface area contributed by atoms with Crippen LogP contribution >= 0.6 is 0 Å². The SMILES string of the molecule is CN(c1ccccc1C=O)c1ncccc1[N+](=O)[O-]. The molecular weight excluding hydrogens is 246 g/mol. The Labute approximate surface area is 109 Å². The Morgan fingerprint density at radius 3 is 2.68 bits per heavy atom. The van der Waals surface area contributed by atoms with E-state index < -0.39 is 4.92 Å². The minimum Gasteiger partial charge on any atom is -0.323 e. The Morgan fingerprint density at radius 1 is 1.26 bits per heavy atom. The second-order valence-electron chi connectivity index (χ2n) is 3.84. The van der Waals surface area contributed by atoms with Gasteiger partial charge in [-0.15, -0.1) is 0 Å². The summed E-state index contributed by atoms with van der Waals surface area (Å²) in [7, 11) is 1.64. The van der Waals surface area contributed by atoms with Crippen LogP contribution in [0, 0.1) is 10.1 Å². The molecule has 0 atom stereocenters. The molecule has 1 aromatic carbocycles. The van der Waals surface area contributed by atoms with Crippen molar-refractivity contribution >= 4 is 23.5 Å². The molecule has 6 nitrogen and oxygen atoms in total. The van der Waals surface area contributed by atoms with Gasteiger partial charge in [0.15, 0.2) is 6.29 Å². The van der Waals surface area contributed by atoms with Gasteiger partial charge in [-0.25, -0.2) is 4.98 Å². The summed E-state index contributed by atoms with van der Waals surface area (Å²) in [4.78, 5) is 27.0. The molecule has 0 aliphatic heterocycles. The van der Waals surface area contributed by atoms with Crippen LogP contribution in [0.15, 0.2) is 42.6 Å². The number of nitro groups is 1. The van der Waals surface area contributed by atoms with E-state index in [1.54, 1.807) is 31.3 Å². The van der Waals surface area contributed by atoms with E-state index >= 15 is 0 Å². The Kier molecular flexibility index (Phi) is 3.51. The summed E-state index contributed by atoms with van der Waals surface area (Å²) in [6.07, 6.45) is 2.18. The summed E-state index contributed by atoms with van der Waals surface area (Å²) < 4.78 is 0. The van der Waals surface area contributed by atoms with E-state index in [2.05, 4.69) is 4.98 Å². The summed E-state index contributed by atoms with van der Waals surface area (Å²) in [5.74, 6) is 0.196. The molecule has 19 heavy (non-hydrogen) atoms. The summed E-state index contributed by atoms with van der Waals surface area (Å²) in [5.41, 5.74) is 0.912. The third kappa shape index (κ3) is 2.42. The van der Waals surface area contributed by atoms with E-state index in [9.17, 15) is 14.9 Å². The van der Waals surface area contributed by atoms with E-state index in [1.165, 1.54) is 23.2 Å². The highest BCUT2D eigenvalue weighted by Gasteiger charge is 2.20. The highest BCUT2D eigenvalue weighted by molar-refractivity contribution is 5.87. The summed E-state index contributed by atoms with van der Waals surface area (Å²) in [6.45, 7) is 0. The van der Waals surface area contributed by atoms with Crippen LogP contribution in [-0.2, 0) is 0 Å². The molecule has 2 rings (SSSR count). The molecule has 0 saturated carbocycles. The van der Waals surface area contributed by atoms with Crippen LogP contribution in [0.3, 0.4) is 0 Å². The van der Waals surface area contributed by atoms with Crippen molar-refractivity contribution in [1.29, 1.82) is 0 Å². The third-order valence-corrected chi connectivity index (χ3v) is 2.71. The number of nitrogens with zero attached hydrogens (tertiary/aromatic N) is 3. The van der Waals surface area contributed by atoms with Crippen molar-refractivity contribution in [2.24, 2.45) is 0 Å². The first-order chi connectivity index (χ1) is 9.15. The molecule has 96 valence electrons. The van der Waals surface area contributed by atoms with Crippen molar-refractivity contribution in [3.05, 3.63) is 58.3 Å². The van der Waals surface area contributed by atoms with Crippen LogP contribution in [0.25, 0.3) is 0 Å². The van der Waals surface area contributed by atoms with Gasteiger partial charge < -0.3 is 4.90 Å². The first kappa shape index (κ1) is 12.7. The highest BCUT2D eigenvalue weighted by atomic mass is 16.6. The van der Waals surface area contributed by atoms with E-state index in [-0.39, 0.29) is 11.5 Å². The molecule has 0 amide bonds. The zero-order chi connectivity index (χ0) is 13.8. The minimum absolute atomic E-state index is 0.106. The van der Waals surface area contributed by atoms with Crippen LogP contribution in [0.1, 0.15) is 10.4 Å². The number of pyridine rings is 1. The van der Waals surface area contributed by atoms with E-state index in [1.807, 2.05) is 0 Å². The zero-order valence-corrected chi connectivity index (χ0v) is 10.2. The van der Waals surface area contributed by atoms with Crippen molar-refractivity contribution in [3.8, 4) is 0 Å². The van der Waals surface area contributed by atoms with E-state index in [0.29, 0.717) is 17.5 Å². The van der Waals surface area contributed by atoms with Crippen LogP contribution in [0.5, 0.6) is 0 Å². The maximum atomic E-state index is 11.0. The maximum absolute atomic E-state index is 11.0. The predicted octanol–water partition coefficient (Wildman–Crippen LogP) is 2.57. The molecule has 0 unspecified atom stereocenters. The molecule has 0 aliphatic carbocycles. The lowest BCUT2D eigenvalue weighted by atomic mass is 10.2. The Hall–Kier alpha value is -2.76. The van der Waals surface area contributed by atoms with Crippen molar-refractivity contribution in [2.75, 3.05) is 11.9 Å². The molecule has 6 heteroatoms. The Balaban J connectivity index is 2.53.